The number of carbonyl (C=O) groups is 2. The van der Waals surface area contributed by atoms with Crippen molar-refractivity contribution in [2.24, 2.45) is 5.92 Å². The van der Waals surface area contributed by atoms with Gasteiger partial charge < -0.3 is 24.8 Å². The van der Waals surface area contributed by atoms with Crippen LogP contribution in [0.25, 0.3) is 0 Å². The monoisotopic (exact) mass is 424 g/mol. The summed E-state index contributed by atoms with van der Waals surface area (Å²) in [6, 6.07) is 13.9. The topological polar surface area (TPSA) is 88.1 Å². The van der Waals surface area contributed by atoms with E-state index < -0.39 is 0 Å². The van der Waals surface area contributed by atoms with Gasteiger partial charge in [-0.05, 0) is 62.1 Å². The van der Waals surface area contributed by atoms with E-state index >= 15 is 0 Å². The van der Waals surface area contributed by atoms with Gasteiger partial charge in [0.05, 0.1) is 11.8 Å². The van der Waals surface area contributed by atoms with Crippen LogP contribution in [0.5, 0.6) is 11.5 Å². The molecule has 2 amide bonds. The minimum atomic E-state index is -0.183. The van der Waals surface area contributed by atoms with E-state index in [-0.39, 0.29) is 29.6 Å². The fraction of sp³-hybridized carbons (Fsp3) is 0.417. The molecule has 0 spiro atoms. The number of amides is 2. The van der Waals surface area contributed by atoms with Crippen molar-refractivity contribution < 1.29 is 24.2 Å². The Bertz CT molecular complexity index is 900. The van der Waals surface area contributed by atoms with E-state index in [4.69, 9.17) is 9.47 Å². The lowest BCUT2D eigenvalue weighted by molar-refractivity contribution is -0.121. The summed E-state index contributed by atoms with van der Waals surface area (Å²) in [6.45, 7) is 2.38. The molecular formula is C24H28N2O5. The number of ether oxygens (including phenoxy) is 2. The third-order valence-electron chi connectivity index (χ3n) is 5.88. The number of phenols is 1. The summed E-state index contributed by atoms with van der Waals surface area (Å²) in [5.74, 6) is 0.432. The van der Waals surface area contributed by atoms with E-state index in [0.29, 0.717) is 43.8 Å². The second kappa shape index (κ2) is 9.83. The van der Waals surface area contributed by atoms with E-state index in [2.05, 4.69) is 5.32 Å². The summed E-state index contributed by atoms with van der Waals surface area (Å²) in [4.78, 5) is 27.1. The van der Waals surface area contributed by atoms with Crippen LogP contribution in [0.3, 0.4) is 0 Å². The van der Waals surface area contributed by atoms with Gasteiger partial charge in [-0.25, -0.2) is 0 Å². The molecule has 0 aromatic heterocycles. The molecule has 7 nitrogen and oxygen atoms in total. The van der Waals surface area contributed by atoms with E-state index in [0.717, 1.165) is 25.2 Å². The molecule has 2 aliphatic rings. The van der Waals surface area contributed by atoms with Gasteiger partial charge in [0.25, 0.3) is 5.91 Å². The standard InChI is InChI=1S/C24H28N2O5/c27-22-6-2-1-5-21(22)25-23(28)17-11-13-26(14-12-17)24(29)18-7-9-19(10-8-18)31-16-20-4-3-15-30-20/h1-2,5-10,17,20,27H,3-4,11-16H2,(H,25,28)/t20-/m0/s1. The van der Waals surface area contributed by atoms with Crippen LogP contribution in [-0.2, 0) is 9.53 Å². The zero-order chi connectivity index (χ0) is 21.6. The summed E-state index contributed by atoms with van der Waals surface area (Å²) in [6.07, 6.45) is 3.44. The molecular weight excluding hydrogens is 396 g/mol. The SMILES string of the molecule is O=C(Nc1ccccc1O)C1CCN(C(=O)c2ccc(OC[C@@H]3CCCO3)cc2)CC1. The van der Waals surface area contributed by atoms with Gasteiger partial charge in [-0.1, -0.05) is 12.1 Å². The first kappa shape index (κ1) is 21.2. The number of hydrogen-bond donors (Lipinski definition) is 2. The fourth-order valence-corrected chi connectivity index (χ4v) is 4.00. The highest BCUT2D eigenvalue weighted by Crippen LogP contribution is 2.25. The van der Waals surface area contributed by atoms with Gasteiger partial charge in [0, 0.05) is 31.2 Å². The number of rotatable bonds is 6. The average molecular weight is 424 g/mol. The second-order valence-corrected chi connectivity index (χ2v) is 8.04. The van der Waals surface area contributed by atoms with Crippen LogP contribution in [0.2, 0.25) is 0 Å². The molecule has 7 heteroatoms. The molecule has 0 bridgehead atoms. The molecule has 4 rings (SSSR count). The van der Waals surface area contributed by atoms with Crippen LogP contribution in [0.15, 0.2) is 48.5 Å². The van der Waals surface area contributed by atoms with E-state index in [1.807, 2.05) is 12.1 Å². The van der Waals surface area contributed by atoms with Crippen molar-refractivity contribution in [3.05, 3.63) is 54.1 Å². The highest BCUT2D eigenvalue weighted by molar-refractivity contribution is 5.96. The van der Waals surface area contributed by atoms with Crippen molar-refractivity contribution >= 4 is 17.5 Å². The van der Waals surface area contributed by atoms with Crippen molar-refractivity contribution in [3.63, 3.8) is 0 Å². The largest absolute Gasteiger partial charge is 0.506 e. The molecule has 2 N–H and O–H groups in total. The number of benzene rings is 2. The van der Waals surface area contributed by atoms with Crippen LogP contribution >= 0.6 is 0 Å². The van der Waals surface area contributed by atoms with Crippen molar-refractivity contribution in [1.82, 2.24) is 4.90 Å². The van der Waals surface area contributed by atoms with Gasteiger partial charge in [0.1, 0.15) is 18.1 Å². The van der Waals surface area contributed by atoms with Crippen LogP contribution in [0.4, 0.5) is 5.69 Å². The Morgan fingerprint density at radius 2 is 1.81 bits per heavy atom. The minimum absolute atomic E-state index is 0.0368. The smallest absolute Gasteiger partial charge is 0.253 e. The van der Waals surface area contributed by atoms with Gasteiger partial charge >= 0.3 is 0 Å². The fourth-order valence-electron chi connectivity index (χ4n) is 4.00. The predicted molar refractivity (Wildman–Crippen MR) is 116 cm³/mol. The molecule has 2 aliphatic heterocycles. The average Bonchev–Trinajstić information content (AvgIpc) is 3.33. The van der Waals surface area contributed by atoms with Crippen LogP contribution in [0.1, 0.15) is 36.0 Å². The Balaban J connectivity index is 1.25. The zero-order valence-corrected chi connectivity index (χ0v) is 17.5. The maximum absolute atomic E-state index is 12.8. The van der Waals surface area contributed by atoms with E-state index in [9.17, 15) is 14.7 Å². The molecule has 164 valence electrons. The molecule has 1 atom stereocenters. The molecule has 2 heterocycles. The lowest BCUT2D eigenvalue weighted by atomic mass is 9.95. The summed E-state index contributed by atoms with van der Waals surface area (Å²) in [7, 11) is 0. The van der Waals surface area contributed by atoms with Gasteiger partial charge in [0.2, 0.25) is 5.91 Å². The number of carbonyl (C=O) groups excluding carboxylic acids is 2. The molecule has 2 aromatic carbocycles. The Morgan fingerprint density at radius 3 is 2.48 bits per heavy atom. The number of hydrogen-bond acceptors (Lipinski definition) is 5. The highest BCUT2D eigenvalue weighted by Gasteiger charge is 2.28. The number of para-hydroxylation sites is 2. The Hall–Kier alpha value is -3.06. The first-order valence-corrected chi connectivity index (χ1v) is 10.8. The predicted octanol–water partition coefficient (Wildman–Crippen LogP) is 3.44. The molecule has 2 fully saturated rings. The zero-order valence-electron chi connectivity index (χ0n) is 17.5. The lowest BCUT2D eigenvalue weighted by Gasteiger charge is -2.31. The maximum atomic E-state index is 12.8. The van der Waals surface area contributed by atoms with Gasteiger partial charge in [0.15, 0.2) is 0 Å². The Morgan fingerprint density at radius 1 is 1.06 bits per heavy atom. The van der Waals surface area contributed by atoms with E-state index in [1.54, 1.807) is 35.2 Å². The van der Waals surface area contributed by atoms with Crippen molar-refractivity contribution in [2.75, 3.05) is 31.6 Å². The van der Waals surface area contributed by atoms with Crippen LogP contribution < -0.4 is 10.1 Å². The number of anilines is 1. The number of nitrogens with zero attached hydrogens (tertiary/aromatic N) is 1. The Labute approximate surface area is 182 Å². The number of piperidine rings is 1. The normalized spacial score (nSPS) is 19.2. The van der Waals surface area contributed by atoms with Gasteiger partial charge in [-0.3, -0.25) is 9.59 Å². The summed E-state index contributed by atoms with van der Waals surface area (Å²) >= 11 is 0. The molecule has 31 heavy (non-hydrogen) atoms. The number of aromatic hydroxyl groups is 1. The lowest BCUT2D eigenvalue weighted by Crippen LogP contribution is -2.41. The molecule has 0 radical (unpaired) electrons. The second-order valence-electron chi connectivity index (χ2n) is 8.04. The van der Waals surface area contributed by atoms with Gasteiger partial charge in [-0.2, -0.15) is 0 Å². The summed E-state index contributed by atoms with van der Waals surface area (Å²) < 4.78 is 11.3. The van der Waals surface area contributed by atoms with Crippen molar-refractivity contribution in [1.29, 1.82) is 0 Å². The molecule has 2 aromatic rings. The minimum Gasteiger partial charge on any atom is -0.506 e. The van der Waals surface area contributed by atoms with Gasteiger partial charge in [-0.15, -0.1) is 0 Å². The third-order valence-corrected chi connectivity index (χ3v) is 5.88. The van der Waals surface area contributed by atoms with Crippen LogP contribution in [0, 0.1) is 5.92 Å². The molecule has 0 unspecified atom stereocenters. The molecule has 0 saturated carbocycles. The molecule has 0 aliphatic carbocycles. The quantitative estimate of drug-likeness (QED) is 0.694. The van der Waals surface area contributed by atoms with E-state index in [1.165, 1.54) is 6.07 Å². The molecule has 2 saturated heterocycles. The Kier molecular flexibility index (Phi) is 6.72. The van der Waals surface area contributed by atoms with Crippen molar-refractivity contribution in [3.8, 4) is 11.5 Å². The summed E-state index contributed by atoms with van der Waals surface area (Å²) in [5.41, 5.74) is 1.02. The summed E-state index contributed by atoms with van der Waals surface area (Å²) in [5, 5.41) is 12.6. The number of nitrogens with one attached hydrogen (secondary N) is 1. The highest BCUT2D eigenvalue weighted by atomic mass is 16.5. The first-order chi connectivity index (χ1) is 15.1. The van der Waals surface area contributed by atoms with Crippen molar-refractivity contribution in [2.45, 2.75) is 31.8 Å². The maximum Gasteiger partial charge on any atom is 0.253 e. The van der Waals surface area contributed by atoms with Crippen LogP contribution in [-0.4, -0.2) is 54.2 Å². The number of phenolic OH excluding ortho intramolecular Hbond substituents is 1. The number of likely N-dealkylation sites (tertiary alicyclic amines) is 1. The first-order valence-electron chi connectivity index (χ1n) is 10.8. The third kappa shape index (κ3) is 5.35.